The van der Waals surface area contributed by atoms with E-state index in [2.05, 4.69) is 42.8 Å². The van der Waals surface area contributed by atoms with Crippen molar-refractivity contribution in [2.24, 2.45) is 0 Å². The number of hydrogen-bond donors (Lipinski definition) is 0. The molecule has 2 heterocycles. The van der Waals surface area contributed by atoms with Gasteiger partial charge in [-0.05, 0) is 50.4 Å². The zero-order valence-corrected chi connectivity index (χ0v) is 10.6. The Hall–Kier alpha value is -0.890. The van der Waals surface area contributed by atoms with Crippen LogP contribution in [0.5, 0.6) is 0 Å². The lowest BCUT2D eigenvalue weighted by atomic mass is 10.0. The van der Waals surface area contributed by atoms with E-state index in [1.54, 1.807) is 0 Å². The summed E-state index contributed by atoms with van der Waals surface area (Å²) in [5.41, 5.74) is 2.55. The third-order valence-corrected chi connectivity index (χ3v) is 3.59. The van der Waals surface area contributed by atoms with E-state index in [1.807, 2.05) is 6.20 Å². The van der Waals surface area contributed by atoms with E-state index >= 15 is 0 Å². The van der Waals surface area contributed by atoms with Crippen LogP contribution in [0, 0.1) is 0 Å². The minimum absolute atomic E-state index is 0.476. The minimum Gasteiger partial charge on any atom is -0.295 e. The third-order valence-electron chi connectivity index (χ3n) is 3.59. The first kappa shape index (κ1) is 11.6. The third kappa shape index (κ3) is 2.43. The lowest BCUT2D eigenvalue weighted by Crippen LogP contribution is -2.23. The molecule has 0 aromatic carbocycles. The summed E-state index contributed by atoms with van der Waals surface area (Å²) >= 11 is 0. The lowest BCUT2D eigenvalue weighted by Gasteiger charge is -2.23. The van der Waals surface area contributed by atoms with Crippen molar-refractivity contribution in [3.05, 3.63) is 29.6 Å². The summed E-state index contributed by atoms with van der Waals surface area (Å²) in [6, 6.07) is 4.89. The molecule has 0 radical (unpaired) electrons. The highest BCUT2D eigenvalue weighted by molar-refractivity contribution is 5.18. The van der Waals surface area contributed by atoms with Crippen LogP contribution in [0.25, 0.3) is 0 Å². The van der Waals surface area contributed by atoms with Gasteiger partial charge in [0.25, 0.3) is 0 Å². The van der Waals surface area contributed by atoms with Gasteiger partial charge in [0, 0.05) is 12.2 Å². The fraction of sp³-hybridized carbons (Fsp3) is 0.643. The molecule has 2 heteroatoms. The molecule has 1 unspecified atom stereocenters. The summed E-state index contributed by atoms with van der Waals surface area (Å²) < 4.78 is 0. The molecule has 0 spiro atoms. The smallest absolute Gasteiger partial charge is 0.0572 e. The summed E-state index contributed by atoms with van der Waals surface area (Å²) in [4.78, 5) is 7.13. The van der Waals surface area contributed by atoms with Crippen molar-refractivity contribution in [3.8, 4) is 0 Å². The van der Waals surface area contributed by atoms with Crippen molar-refractivity contribution in [2.75, 3.05) is 13.1 Å². The van der Waals surface area contributed by atoms with E-state index in [0.29, 0.717) is 12.0 Å². The number of rotatable bonds is 3. The van der Waals surface area contributed by atoms with Gasteiger partial charge in [0.1, 0.15) is 0 Å². The van der Waals surface area contributed by atoms with Gasteiger partial charge in [-0.15, -0.1) is 0 Å². The van der Waals surface area contributed by atoms with Crippen LogP contribution in [0.4, 0.5) is 0 Å². The van der Waals surface area contributed by atoms with Crippen molar-refractivity contribution in [1.82, 2.24) is 9.88 Å². The van der Waals surface area contributed by atoms with Gasteiger partial charge in [0.05, 0.1) is 5.69 Å². The molecule has 2 rings (SSSR count). The van der Waals surface area contributed by atoms with Gasteiger partial charge in [-0.3, -0.25) is 9.88 Å². The topological polar surface area (TPSA) is 16.1 Å². The molecule has 1 aliphatic heterocycles. The summed E-state index contributed by atoms with van der Waals surface area (Å²) in [7, 11) is 0. The molecule has 0 N–H and O–H groups in total. The monoisotopic (exact) mass is 218 g/mol. The summed E-state index contributed by atoms with van der Waals surface area (Å²) in [5, 5.41) is 0. The van der Waals surface area contributed by atoms with E-state index in [0.717, 1.165) is 0 Å². The zero-order chi connectivity index (χ0) is 11.5. The van der Waals surface area contributed by atoms with E-state index in [9.17, 15) is 0 Å². The fourth-order valence-electron chi connectivity index (χ4n) is 2.32. The molecule has 1 aromatic heterocycles. The lowest BCUT2D eigenvalue weighted by molar-refractivity contribution is 0.258. The molecule has 0 bridgehead atoms. The van der Waals surface area contributed by atoms with E-state index in [1.165, 1.54) is 37.2 Å². The molecule has 0 amide bonds. The number of pyridine rings is 1. The summed E-state index contributed by atoms with van der Waals surface area (Å²) in [5.74, 6) is 0.573. The number of likely N-dealkylation sites (tertiary alicyclic amines) is 1. The maximum Gasteiger partial charge on any atom is 0.0572 e. The predicted molar refractivity (Wildman–Crippen MR) is 67.5 cm³/mol. The first-order chi connectivity index (χ1) is 7.68. The average molecular weight is 218 g/mol. The van der Waals surface area contributed by atoms with Gasteiger partial charge in [0.15, 0.2) is 0 Å². The number of hydrogen-bond acceptors (Lipinski definition) is 2. The van der Waals surface area contributed by atoms with Crippen molar-refractivity contribution in [2.45, 2.75) is 45.6 Å². The van der Waals surface area contributed by atoms with Crippen LogP contribution in [0.2, 0.25) is 0 Å². The average Bonchev–Trinajstić information content (AvgIpc) is 2.81. The largest absolute Gasteiger partial charge is 0.295 e. The van der Waals surface area contributed by atoms with Crippen LogP contribution in [0.15, 0.2) is 18.3 Å². The molecule has 16 heavy (non-hydrogen) atoms. The Morgan fingerprint density at radius 3 is 2.31 bits per heavy atom. The van der Waals surface area contributed by atoms with Crippen molar-refractivity contribution in [3.63, 3.8) is 0 Å². The second-order valence-corrected chi connectivity index (χ2v) is 5.09. The van der Waals surface area contributed by atoms with Crippen LogP contribution < -0.4 is 0 Å². The molecular formula is C14H22N2. The Morgan fingerprint density at radius 2 is 1.81 bits per heavy atom. The van der Waals surface area contributed by atoms with Crippen LogP contribution in [0.1, 0.15) is 56.8 Å². The molecule has 88 valence electrons. The Morgan fingerprint density at radius 1 is 1.12 bits per heavy atom. The van der Waals surface area contributed by atoms with Gasteiger partial charge in [-0.25, -0.2) is 0 Å². The Balaban J connectivity index is 2.08. The molecule has 1 atom stereocenters. The molecule has 1 aliphatic rings. The van der Waals surface area contributed by atoms with Gasteiger partial charge in [-0.1, -0.05) is 19.9 Å². The summed E-state index contributed by atoms with van der Waals surface area (Å²) in [6.07, 6.45) is 4.72. The standard InChI is InChI=1S/C14H22N2/c1-11(2)13-6-7-14(15-10-13)12(3)16-8-4-5-9-16/h6-7,10-12H,4-5,8-9H2,1-3H3. The molecule has 1 fully saturated rings. The maximum absolute atomic E-state index is 4.60. The van der Waals surface area contributed by atoms with Crippen LogP contribution in [0.3, 0.4) is 0 Å². The number of nitrogens with zero attached hydrogens (tertiary/aromatic N) is 2. The highest BCUT2D eigenvalue weighted by Gasteiger charge is 2.20. The number of aromatic nitrogens is 1. The second-order valence-electron chi connectivity index (χ2n) is 5.09. The highest BCUT2D eigenvalue weighted by atomic mass is 15.2. The normalized spacial score (nSPS) is 19.2. The molecular weight excluding hydrogens is 196 g/mol. The van der Waals surface area contributed by atoms with Crippen molar-refractivity contribution < 1.29 is 0 Å². The molecule has 0 aliphatic carbocycles. The predicted octanol–water partition coefficient (Wildman–Crippen LogP) is 3.36. The SMILES string of the molecule is CC(C)c1ccc(C(C)N2CCCC2)nc1. The van der Waals surface area contributed by atoms with Crippen LogP contribution >= 0.6 is 0 Å². The van der Waals surface area contributed by atoms with Crippen LogP contribution in [-0.2, 0) is 0 Å². The van der Waals surface area contributed by atoms with Gasteiger partial charge in [-0.2, -0.15) is 0 Å². The fourth-order valence-corrected chi connectivity index (χ4v) is 2.32. The Labute approximate surface area is 98.7 Å². The van der Waals surface area contributed by atoms with E-state index in [4.69, 9.17) is 0 Å². The molecule has 1 aromatic rings. The highest BCUT2D eigenvalue weighted by Crippen LogP contribution is 2.24. The second kappa shape index (κ2) is 4.96. The van der Waals surface area contributed by atoms with Gasteiger partial charge < -0.3 is 0 Å². The molecule has 1 saturated heterocycles. The van der Waals surface area contributed by atoms with Crippen molar-refractivity contribution >= 4 is 0 Å². The molecule has 0 saturated carbocycles. The quantitative estimate of drug-likeness (QED) is 0.773. The van der Waals surface area contributed by atoms with E-state index < -0.39 is 0 Å². The van der Waals surface area contributed by atoms with Crippen LogP contribution in [-0.4, -0.2) is 23.0 Å². The Kier molecular flexibility index (Phi) is 3.59. The Bertz CT molecular complexity index is 323. The minimum atomic E-state index is 0.476. The van der Waals surface area contributed by atoms with Crippen molar-refractivity contribution in [1.29, 1.82) is 0 Å². The zero-order valence-electron chi connectivity index (χ0n) is 10.6. The molecule has 2 nitrogen and oxygen atoms in total. The maximum atomic E-state index is 4.60. The first-order valence-electron chi connectivity index (χ1n) is 6.38. The van der Waals surface area contributed by atoms with Gasteiger partial charge >= 0.3 is 0 Å². The first-order valence-corrected chi connectivity index (χ1v) is 6.38. The van der Waals surface area contributed by atoms with E-state index in [-0.39, 0.29) is 0 Å². The summed E-state index contributed by atoms with van der Waals surface area (Å²) in [6.45, 7) is 9.15. The van der Waals surface area contributed by atoms with Gasteiger partial charge in [0.2, 0.25) is 0 Å².